The second-order valence-corrected chi connectivity index (χ2v) is 6.30. The molecule has 1 aliphatic rings. The van der Waals surface area contributed by atoms with Crippen molar-refractivity contribution in [1.29, 1.82) is 0 Å². The van der Waals surface area contributed by atoms with E-state index in [1.165, 1.54) is 0 Å². The van der Waals surface area contributed by atoms with Crippen molar-refractivity contribution in [2.45, 2.75) is 57.9 Å². The van der Waals surface area contributed by atoms with Crippen LogP contribution in [0.4, 0.5) is 0 Å². The molecule has 1 rings (SSSR count). The maximum atomic E-state index is 11.4. The summed E-state index contributed by atoms with van der Waals surface area (Å²) >= 11 is 1.76. The number of nitrogens with one attached hydrogen (secondary N) is 2. The molecule has 17 heavy (non-hydrogen) atoms. The van der Waals surface area contributed by atoms with Crippen LogP contribution in [-0.4, -0.2) is 35.0 Å². The van der Waals surface area contributed by atoms with Crippen LogP contribution in [0.1, 0.15) is 40.5 Å². The van der Waals surface area contributed by atoms with E-state index < -0.39 is 0 Å². The predicted octanol–water partition coefficient (Wildman–Crippen LogP) is 1.76. The molecule has 0 aromatic carbocycles. The lowest BCUT2D eigenvalue weighted by molar-refractivity contribution is -0.121. The average molecular weight is 257 g/mol. The Morgan fingerprint density at radius 1 is 1.59 bits per heavy atom. The molecule has 0 spiro atoms. The molecule has 98 valence electrons. The molecule has 0 radical (unpaired) electrons. The van der Waals surface area contributed by atoms with Crippen molar-refractivity contribution in [3.63, 3.8) is 0 Å². The van der Waals surface area contributed by atoms with Gasteiger partial charge in [0.1, 0.15) is 0 Å². The van der Waals surface area contributed by atoms with Crippen LogP contribution in [-0.2, 0) is 4.79 Å². The molecular weight excluding hydrogens is 234 g/mol. The summed E-state index contributed by atoms with van der Waals surface area (Å²) in [7, 11) is 0. The van der Waals surface area contributed by atoms with Crippen molar-refractivity contribution in [2.24, 2.45) is 4.99 Å². The molecular formula is C12H23N3OS. The second kappa shape index (κ2) is 6.89. The fourth-order valence-electron chi connectivity index (χ4n) is 1.78. The van der Waals surface area contributed by atoms with E-state index >= 15 is 0 Å². The molecule has 1 fully saturated rings. The van der Waals surface area contributed by atoms with Crippen LogP contribution in [0, 0.1) is 0 Å². The SMILES string of the molecule is CC(C)NC(=O)CCN=C1NC(C)CC(C)S1. The molecule has 0 aromatic heterocycles. The third kappa shape index (κ3) is 5.96. The monoisotopic (exact) mass is 257 g/mol. The first-order chi connectivity index (χ1) is 7.97. The van der Waals surface area contributed by atoms with Gasteiger partial charge in [0.05, 0.1) is 6.54 Å². The number of amides is 1. The molecule has 2 unspecified atom stereocenters. The average Bonchev–Trinajstić information content (AvgIpc) is 2.14. The fraction of sp³-hybridized carbons (Fsp3) is 0.833. The number of amidine groups is 1. The normalized spacial score (nSPS) is 27.0. The number of aliphatic imine (C=N–C) groups is 1. The van der Waals surface area contributed by atoms with Gasteiger partial charge in [-0.2, -0.15) is 0 Å². The van der Waals surface area contributed by atoms with Crippen molar-refractivity contribution >= 4 is 22.8 Å². The van der Waals surface area contributed by atoms with Crippen LogP contribution in [0.3, 0.4) is 0 Å². The number of hydrogen-bond donors (Lipinski definition) is 2. The highest BCUT2D eigenvalue weighted by Gasteiger charge is 2.19. The zero-order valence-corrected chi connectivity index (χ0v) is 11.9. The standard InChI is InChI=1S/C12H23N3OS/c1-8(2)14-11(16)5-6-13-12-15-9(3)7-10(4)17-12/h8-10H,5-7H2,1-4H3,(H,13,15)(H,14,16). The molecule has 0 saturated carbocycles. The van der Waals surface area contributed by atoms with Gasteiger partial charge in [-0.1, -0.05) is 18.7 Å². The molecule has 2 N–H and O–H groups in total. The number of thioether (sulfide) groups is 1. The lowest BCUT2D eigenvalue weighted by atomic mass is 10.2. The second-order valence-electron chi connectivity index (χ2n) is 4.87. The summed E-state index contributed by atoms with van der Waals surface area (Å²) in [5, 5.41) is 7.79. The first-order valence-corrected chi connectivity index (χ1v) is 7.12. The lowest BCUT2D eigenvalue weighted by Gasteiger charge is -2.26. The number of nitrogens with zero attached hydrogens (tertiary/aromatic N) is 1. The largest absolute Gasteiger partial charge is 0.362 e. The molecule has 1 amide bonds. The minimum atomic E-state index is 0.0752. The minimum absolute atomic E-state index is 0.0752. The summed E-state index contributed by atoms with van der Waals surface area (Å²) in [4.78, 5) is 15.9. The highest BCUT2D eigenvalue weighted by molar-refractivity contribution is 8.14. The van der Waals surface area contributed by atoms with Gasteiger partial charge in [0, 0.05) is 23.8 Å². The molecule has 4 nitrogen and oxygen atoms in total. The van der Waals surface area contributed by atoms with Crippen LogP contribution in [0.2, 0.25) is 0 Å². The first-order valence-electron chi connectivity index (χ1n) is 6.24. The molecule has 2 atom stereocenters. The Morgan fingerprint density at radius 3 is 2.88 bits per heavy atom. The van der Waals surface area contributed by atoms with Crippen molar-refractivity contribution < 1.29 is 4.79 Å². The number of carbonyl (C=O) groups is 1. The summed E-state index contributed by atoms with van der Waals surface area (Å²) in [5.41, 5.74) is 0. The van der Waals surface area contributed by atoms with Gasteiger partial charge in [-0.3, -0.25) is 9.79 Å². The molecule has 1 saturated heterocycles. The maximum absolute atomic E-state index is 11.4. The van der Waals surface area contributed by atoms with Crippen molar-refractivity contribution in [1.82, 2.24) is 10.6 Å². The molecule has 0 bridgehead atoms. The van der Waals surface area contributed by atoms with Crippen molar-refractivity contribution in [3.8, 4) is 0 Å². The van der Waals surface area contributed by atoms with E-state index in [9.17, 15) is 4.79 Å². The number of carbonyl (C=O) groups excluding carboxylic acids is 1. The van der Waals surface area contributed by atoms with Gasteiger partial charge >= 0.3 is 0 Å². The molecule has 1 heterocycles. The summed E-state index contributed by atoms with van der Waals surface area (Å²) < 4.78 is 0. The molecule has 1 aliphatic heterocycles. The van der Waals surface area contributed by atoms with E-state index in [4.69, 9.17) is 0 Å². The van der Waals surface area contributed by atoms with Crippen LogP contribution in [0.15, 0.2) is 4.99 Å². The Hall–Kier alpha value is -0.710. The van der Waals surface area contributed by atoms with Gasteiger partial charge in [0.25, 0.3) is 0 Å². The Balaban J connectivity index is 2.30. The van der Waals surface area contributed by atoms with Gasteiger partial charge in [-0.05, 0) is 27.2 Å². The van der Waals surface area contributed by atoms with Gasteiger partial charge < -0.3 is 10.6 Å². The summed E-state index contributed by atoms with van der Waals surface area (Å²) in [6, 6.07) is 0.687. The van der Waals surface area contributed by atoms with Gasteiger partial charge in [0.2, 0.25) is 5.91 Å². The molecule has 0 aliphatic carbocycles. The first kappa shape index (κ1) is 14.4. The third-order valence-corrected chi connectivity index (χ3v) is 3.48. The lowest BCUT2D eigenvalue weighted by Crippen LogP contribution is -2.38. The Kier molecular flexibility index (Phi) is 5.82. The van der Waals surface area contributed by atoms with Crippen LogP contribution in [0.25, 0.3) is 0 Å². The predicted molar refractivity (Wildman–Crippen MR) is 74.5 cm³/mol. The van der Waals surface area contributed by atoms with Gasteiger partial charge in [-0.25, -0.2) is 0 Å². The molecule has 0 aromatic rings. The van der Waals surface area contributed by atoms with Crippen LogP contribution in [0.5, 0.6) is 0 Å². The minimum Gasteiger partial charge on any atom is -0.362 e. The van der Waals surface area contributed by atoms with Crippen LogP contribution < -0.4 is 10.6 Å². The quantitative estimate of drug-likeness (QED) is 0.807. The summed E-state index contributed by atoms with van der Waals surface area (Å²) in [6.07, 6.45) is 1.63. The Morgan fingerprint density at radius 2 is 2.29 bits per heavy atom. The Labute approximate surface area is 108 Å². The van der Waals surface area contributed by atoms with E-state index in [1.807, 2.05) is 13.8 Å². The van der Waals surface area contributed by atoms with Crippen molar-refractivity contribution in [3.05, 3.63) is 0 Å². The van der Waals surface area contributed by atoms with E-state index in [-0.39, 0.29) is 11.9 Å². The highest BCUT2D eigenvalue weighted by atomic mass is 32.2. The smallest absolute Gasteiger partial charge is 0.222 e. The third-order valence-electron chi connectivity index (χ3n) is 2.41. The van der Waals surface area contributed by atoms with Gasteiger partial charge in [0.15, 0.2) is 5.17 Å². The fourth-order valence-corrected chi connectivity index (χ4v) is 2.98. The number of rotatable bonds is 4. The topological polar surface area (TPSA) is 53.5 Å². The number of hydrogen-bond acceptors (Lipinski definition) is 3. The van der Waals surface area contributed by atoms with Crippen LogP contribution >= 0.6 is 11.8 Å². The van der Waals surface area contributed by atoms with Gasteiger partial charge in [-0.15, -0.1) is 0 Å². The van der Waals surface area contributed by atoms with E-state index in [2.05, 4.69) is 29.5 Å². The van der Waals surface area contributed by atoms with E-state index in [0.29, 0.717) is 24.3 Å². The summed E-state index contributed by atoms with van der Waals surface area (Å²) in [5.74, 6) is 0.0752. The Bertz CT molecular complexity index is 279. The zero-order chi connectivity index (χ0) is 12.8. The maximum Gasteiger partial charge on any atom is 0.222 e. The zero-order valence-electron chi connectivity index (χ0n) is 11.1. The highest BCUT2D eigenvalue weighted by Crippen LogP contribution is 2.22. The van der Waals surface area contributed by atoms with E-state index in [0.717, 1.165) is 11.6 Å². The van der Waals surface area contributed by atoms with E-state index in [1.54, 1.807) is 11.8 Å². The van der Waals surface area contributed by atoms with Crippen molar-refractivity contribution in [2.75, 3.05) is 6.54 Å². The summed E-state index contributed by atoms with van der Waals surface area (Å²) in [6.45, 7) is 8.87. The molecule has 5 heteroatoms.